The van der Waals surface area contributed by atoms with Crippen molar-refractivity contribution in [3.8, 4) is 0 Å². The van der Waals surface area contributed by atoms with Crippen LogP contribution in [0, 0.1) is 0 Å². The number of carboxylic acids is 1. The second-order valence-corrected chi connectivity index (χ2v) is 9.57. The molecule has 0 aliphatic rings. The number of thioether (sulfide) groups is 1. The number of rotatable bonds is 7. The average molecular weight is 579 g/mol. The minimum atomic E-state index is -1.49. The van der Waals surface area contributed by atoms with Crippen LogP contribution in [0.15, 0.2) is 53.4 Å². The van der Waals surface area contributed by atoms with Crippen LogP contribution in [-0.4, -0.2) is 28.6 Å². The van der Waals surface area contributed by atoms with Gasteiger partial charge in [-0.05, 0) is 36.4 Å². The zero-order valence-corrected chi connectivity index (χ0v) is 21.4. The molecule has 0 unspecified atom stereocenters. The molecule has 0 radical (unpaired) electrons. The van der Waals surface area contributed by atoms with Crippen LogP contribution in [0.4, 0.5) is 11.4 Å². The Hall–Kier alpha value is -2.13. The van der Waals surface area contributed by atoms with E-state index in [0.29, 0.717) is 16.4 Å². The number of carbonyl (C=O) groups is 3. The maximum Gasteiger partial charge on any atom is 0.338 e. The predicted octanol–water partition coefficient (Wildman–Crippen LogP) is 7.63. The number of halogens is 5. The number of aromatic carboxylic acids is 1. The first-order valence-electron chi connectivity index (χ1n) is 9.28. The highest BCUT2D eigenvalue weighted by molar-refractivity contribution is 8.00. The number of hydrogen-bond donors (Lipinski definition) is 3. The topological polar surface area (TPSA) is 95.5 Å². The quantitative estimate of drug-likeness (QED) is 0.152. The van der Waals surface area contributed by atoms with Crippen LogP contribution >= 0.6 is 69.8 Å². The lowest BCUT2D eigenvalue weighted by Crippen LogP contribution is -2.18. The number of carbonyl (C=O) groups excluding carboxylic acids is 2. The molecule has 34 heavy (non-hydrogen) atoms. The van der Waals surface area contributed by atoms with Crippen LogP contribution in [-0.2, 0) is 4.79 Å². The zero-order chi connectivity index (χ0) is 25.0. The van der Waals surface area contributed by atoms with E-state index in [2.05, 4.69) is 10.6 Å². The Balaban J connectivity index is 1.68. The molecule has 0 aliphatic heterocycles. The van der Waals surface area contributed by atoms with Gasteiger partial charge in [-0.1, -0.05) is 70.1 Å². The Labute approximate surface area is 223 Å². The highest BCUT2D eigenvalue weighted by Gasteiger charge is 2.28. The second-order valence-electron chi connectivity index (χ2n) is 6.61. The summed E-state index contributed by atoms with van der Waals surface area (Å²) in [7, 11) is 0. The molecule has 6 nitrogen and oxygen atoms in total. The van der Waals surface area contributed by atoms with Gasteiger partial charge < -0.3 is 15.7 Å². The number of amides is 2. The summed E-state index contributed by atoms with van der Waals surface area (Å²) in [6.07, 6.45) is 0. The molecule has 0 aliphatic carbocycles. The van der Waals surface area contributed by atoms with Crippen molar-refractivity contribution in [3.05, 3.63) is 84.8 Å². The second kappa shape index (κ2) is 11.5. The third-order valence-corrected chi connectivity index (χ3v) is 7.48. The van der Waals surface area contributed by atoms with Crippen molar-refractivity contribution in [1.82, 2.24) is 0 Å². The minimum absolute atomic E-state index is 0.135. The fourth-order valence-corrected chi connectivity index (χ4v) is 4.67. The molecule has 3 N–H and O–H groups in total. The Morgan fingerprint density at radius 2 is 1.35 bits per heavy atom. The summed E-state index contributed by atoms with van der Waals surface area (Å²) in [5.41, 5.74) is -0.0994. The lowest BCUT2D eigenvalue weighted by Gasteiger charge is -2.14. The first-order valence-corrected chi connectivity index (χ1v) is 12.2. The molecule has 176 valence electrons. The van der Waals surface area contributed by atoms with E-state index in [4.69, 9.17) is 58.0 Å². The van der Waals surface area contributed by atoms with Gasteiger partial charge in [-0.25, -0.2) is 4.79 Å². The first kappa shape index (κ1) is 26.5. The number of benzene rings is 3. The summed E-state index contributed by atoms with van der Waals surface area (Å²) >= 11 is 31.3. The maximum atomic E-state index is 12.8. The molecule has 3 rings (SSSR count). The van der Waals surface area contributed by atoms with Gasteiger partial charge in [0, 0.05) is 10.6 Å². The summed E-state index contributed by atoms with van der Waals surface area (Å²) in [4.78, 5) is 37.4. The van der Waals surface area contributed by atoms with Gasteiger partial charge in [0.2, 0.25) is 5.91 Å². The molecular weight excluding hydrogens is 566 g/mol. The molecule has 0 atom stereocenters. The predicted molar refractivity (Wildman–Crippen MR) is 139 cm³/mol. The van der Waals surface area contributed by atoms with Gasteiger partial charge in [0.1, 0.15) is 0 Å². The van der Waals surface area contributed by atoms with Crippen molar-refractivity contribution >= 4 is 98.9 Å². The molecule has 0 spiro atoms. The highest BCUT2D eigenvalue weighted by atomic mass is 35.5. The molecule has 0 saturated heterocycles. The van der Waals surface area contributed by atoms with E-state index >= 15 is 0 Å². The molecule has 0 bridgehead atoms. The zero-order valence-electron chi connectivity index (χ0n) is 16.8. The molecule has 3 aromatic carbocycles. The summed E-state index contributed by atoms with van der Waals surface area (Å²) in [5.74, 6) is -2.42. The van der Waals surface area contributed by atoms with Gasteiger partial charge in [-0.2, -0.15) is 0 Å². The van der Waals surface area contributed by atoms with Gasteiger partial charge in [-0.3, -0.25) is 9.59 Å². The van der Waals surface area contributed by atoms with Crippen LogP contribution in [0.3, 0.4) is 0 Å². The van der Waals surface area contributed by atoms with Gasteiger partial charge in [0.25, 0.3) is 5.91 Å². The fourth-order valence-electron chi connectivity index (χ4n) is 2.77. The molecule has 0 aromatic heterocycles. The van der Waals surface area contributed by atoms with E-state index in [0.717, 1.165) is 4.90 Å². The smallest absolute Gasteiger partial charge is 0.338 e. The standard InChI is InChI=1S/C22H13Cl5N2O4S/c23-12-3-1-2-4-13(12)29-14(30)9-34-11-7-5-10(6-8-11)28-21(31)15-16(22(32)33)18(25)20(27)19(26)17(15)24/h1-8H,9H2,(H,28,31)(H,29,30)(H,32,33). The fraction of sp³-hybridized carbons (Fsp3) is 0.0455. The Kier molecular flexibility index (Phi) is 8.98. The Bertz CT molecular complexity index is 1290. The molecule has 0 heterocycles. The summed E-state index contributed by atoms with van der Waals surface area (Å²) in [6, 6.07) is 13.4. The molecule has 2 amide bonds. The molecule has 12 heteroatoms. The highest BCUT2D eigenvalue weighted by Crippen LogP contribution is 2.41. The largest absolute Gasteiger partial charge is 0.478 e. The van der Waals surface area contributed by atoms with E-state index in [1.54, 1.807) is 48.5 Å². The monoisotopic (exact) mass is 576 g/mol. The van der Waals surface area contributed by atoms with Crippen LogP contribution < -0.4 is 10.6 Å². The van der Waals surface area contributed by atoms with E-state index in [1.165, 1.54) is 11.8 Å². The SMILES string of the molecule is O=C(CSc1ccc(NC(=O)c2c(Cl)c(Cl)c(Cl)c(Cl)c2C(=O)O)cc1)Nc1ccccc1Cl. The van der Waals surface area contributed by atoms with Gasteiger partial charge >= 0.3 is 5.97 Å². The van der Waals surface area contributed by atoms with Crippen molar-refractivity contribution in [2.24, 2.45) is 0 Å². The summed E-state index contributed by atoms with van der Waals surface area (Å²) < 4.78 is 0. The van der Waals surface area contributed by atoms with Gasteiger partial charge in [0.05, 0.1) is 47.7 Å². The van der Waals surface area contributed by atoms with E-state index < -0.39 is 28.0 Å². The van der Waals surface area contributed by atoms with E-state index in [-0.39, 0.29) is 26.7 Å². The van der Waals surface area contributed by atoms with E-state index in [9.17, 15) is 19.5 Å². The normalized spacial score (nSPS) is 10.6. The number of para-hydroxylation sites is 1. The van der Waals surface area contributed by atoms with Crippen molar-refractivity contribution in [1.29, 1.82) is 0 Å². The van der Waals surface area contributed by atoms with Crippen molar-refractivity contribution in [3.63, 3.8) is 0 Å². The number of hydrogen-bond acceptors (Lipinski definition) is 4. The Morgan fingerprint density at radius 3 is 1.94 bits per heavy atom. The van der Waals surface area contributed by atoms with Crippen LogP contribution in [0.1, 0.15) is 20.7 Å². The minimum Gasteiger partial charge on any atom is -0.478 e. The lowest BCUT2D eigenvalue weighted by molar-refractivity contribution is -0.113. The molecule has 0 saturated carbocycles. The van der Waals surface area contributed by atoms with Crippen molar-refractivity contribution < 1.29 is 19.5 Å². The van der Waals surface area contributed by atoms with Crippen molar-refractivity contribution in [2.75, 3.05) is 16.4 Å². The van der Waals surface area contributed by atoms with Crippen LogP contribution in [0.25, 0.3) is 0 Å². The number of carboxylic acid groups (broad SMARTS) is 1. The maximum absolute atomic E-state index is 12.8. The molecule has 3 aromatic rings. The third-order valence-electron chi connectivity index (χ3n) is 4.34. The third kappa shape index (κ3) is 6.10. The Morgan fingerprint density at radius 1 is 0.765 bits per heavy atom. The van der Waals surface area contributed by atoms with Crippen LogP contribution in [0.5, 0.6) is 0 Å². The molecular formula is C22H13Cl5N2O4S. The van der Waals surface area contributed by atoms with Crippen LogP contribution in [0.2, 0.25) is 25.1 Å². The summed E-state index contributed by atoms with van der Waals surface area (Å²) in [5, 5.41) is 14.0. The summed E-state index contributed by atoms with van der Waals surface area (Å²) in [6.45, 7) is 0. The van der Waals surface area contributed by atoms with E-state index in [1.807, 2.05) is 0 Å². The van der Waals surface area contributed by atoms with Gasteiger partial charge in [-0.15, -0.1) is 11.8 Å². The first-order chi connectivity index (χ1) is 16.1. The van der Waals surface area contributed by atoms with Gasteiger partial charge in [0.15, 0.2) is 0 Å². The lowest BCUT2D eigenvalue weighted by atomic mass is 10.1. The van der Waals surface area contributed by atoms with Crippen molar-refractivity contribution in [2.45, 2.75) is 4.90 Å². The number of nitrogens with one attached hydrogen (secondary N) is 2. The average Bonchev–Trinajstić information content (AvgIpc) is 2.80. The number of anilines is 2. The molecule has 0 fully saturated rings.